The Hall–Kier alpha value is -0.880. The van der Waals surface area contributed by atoms with Gasteiger partial charge in [-0.05, 0) is 47.5 Å². The van der Waals surface area contributed by atoms with E-state index in [1.54, 1.807) is 24.0 Å². The molecule has 0 aliphatic carbocycles. The van der Waals surface area contributed by atoms with Crippen LogP contribution in [-0.4, -0.2) is 35.0 Å². The van der Waals surface area contributed by atoms with E-state index in [0.717, 1.165) is 4.47 Å². The number of carboxylic acid groups (broad SMARTS) is 1. The first-order valence-electron chi connectivity index (χ1n) is 5.81. The fourth-order valence-electron chi connectivity index (χ4n) is 2.14. The van der Waals surface area contributed by atoms with E-state index in [1.807, 2.05) is 6.07 Å². The molecule has 6 heteroatoms. The molecule has 102 valence electrons. The van der Waals surface area contributed by atoms with Gasteiger partial charge in [0.05, 0.1) is 11.0 Å². The van der Waals surface area contributed by atoms with Crippen molar-refractivity contribution in [2.45, 2.75) is 13.3 Å². The largest absolute Gasteiger partial charge is 0.481 e. The summed E-state index contributed by atoms with van der Waals surface area (Å²) in [4.78, 5) is 25.2. The van der Waals surface area contributed by atoms with Gasteiger partial charge < -0.3 is 10.0 Å². The van der Waals surface area contributed by atoms with Crippen molar-refractivity contribution >= 4 is 43.7 Å². The highest BCUT2D eigenvalue weighted by molar-refractivity contribution is 9.11. The van der Waals surface area contributed by atoms with Gasteiger partial charge in [-0.15, -0.1) is 0 Å². The molecule has 0 saturated carbocycles. The molecule has 4 nitrogen and oxygen atoms in total. The Morgan fingerprint density at radius 2 is 2.05 bits per heavy atom. The number of carbonyl (C=O) groups is 2. The van der Waals surface area contributed by atoms with Gasteiger partial charge in [-0.1, -0.05) is 15.9 Å². The number of hydrogen-bond acceptors (Lipinski definition) is 2. The number of halogens is 2. The highest BCUT2D eigenvalue weighted by Crippen LogP contribution is 2.32. The molecular weight excluding hydrogens is 378 g/mol. The lowest BCUT2D eigenvalue weighted by atomic mass is 9.90. The van der Waals surface area contributed by atoms with Gasteiger partial charge in [-0.25, -0.2) is 0 Å². The summed E-state index contributed by atoms with van der Waals surface area (Å²) in [6, 6.07) is 5.37. The number of carboxylic acids is 1. The van der Waals surface area contributed by atoms with Gasteiger partial charge in [0.25, 0.3) is 5.91 Å². The zero-order valence-corrected chi connectivity index (χ0v) is 13.5. The molecule has 1 N–H and O–H groups in total. The average Bonchev–Trinajstić information content (AvgIpc) is 2.76. The molecule has 1 aliphatic rings. The molecule has 1 aromatic rings. The molecule has 2 rings (SSSR count). The van der Waals surface area contributed by atoms with Crippen molar-refractivity contribution in [3.05, 3.63) is 32.7 Å². The fraction of sp³-hybridized carbons (Fsp3) is 0.385. The van der Waals surface area contributed by atoms with Crippen LogP contribution in [0.25, 0.3) is 0 Å². The number of nitrogens with zero attached hydrogens (tertiary/aromatic N) is 1. The molecule has 1 saturated heterocycles. The zero-order chi connectivity index (χ0) is 14.2. The number of amides is 1. The van der Waals surface area contributed by atoms with Crippen LogP contribution in [0.5, 0.6) is 0 Å². The van der Waals surface area contributed by atoms with Crippen molar-refractivity contribution < 1.29 is 14.7 Å². The summed E-state index contributed by atoms with van der Waals surface area (Å²) in [7, 11) is 0. The van der Waals surface area contributed by atoms with Gasteiger partial charge in [0.15, 0.2) is 0 Å². The monoisotopic (exact) mass is 389 g/mol. The molecule has 1 heterocycles. The van der Waals surface area contributed by atoms with Crippen LogP contribution in [0.15, 0.2) is 27.1 Å². The first-order chi connectivity index (χ1) is 8.83. The molecule has 0 aromatic heterocycles. The van der Waals surface area contributed by atoms with Crippen LogP contribution in [0.3, 0.4) is 0 Å². The standard InChI is InChI=1S/C13H13Br2NO3/c1-13(12(18)19)4-5-16(7-13)11(17)9-6-8(14)2-3-10(9)15/h2-3,6H,4-5,7H2,1H3,(H,18,19). The minimum Gasteiger partial charge on any atom is -0.481 e. The summed E-state index contributed by atoms with van der Waals surface area (Å²) in [6.45, 7) is 2.40. The Kier molecular flexibility index (Phi) is 4.01. The van der Waals surface area contributed by atoms with Crippen LogP contribution in [-0.2, 0) is 4.79 Å². The predicted molar refractivity (Wildman–Crippen MR) is 78.1 cm³/mol. The lowest BCUT2D eigenvalue weighted by Gasteiger charge is -2.20. The maximum Gasteiger partial charge on any atom is 0.311 e. The van der Waals surface area contributed by atoms with E-state index in [-0.39, 0.29) is 12.5 Å². The van der Waals surface area contributed by atoms with Crippen molar-refractivity contribution in [2.75, 3.05) is 13.1 Å². The molecule has 0 radical (unpaired) electrons. The zero-order valence-electron chi connectivity index (χ0n) is 10.3. The smallest absolute Gasteiger partial charge is 0.311 e. The van der Waals surface area contributed by atoms with Crippen LogP contribution >= 0.6 is 31.9 Å². The van der Waals surface area contributed by atoms with Crippen LogP contribution in [0.4, 0.5) is 0 Å². The second-order valence-electron chi connectivity index (χ2n) is 4.97. The Balaban J connectivity index is 2.22. The molecule has 19 heavy (non-hydrogen) atoms. The third-order valence-electron chi connectivity index (χ3n) is 3.44. The number of hydrogen-bond donors (Lipinski definition) is 1. The molecular formula is C13H13Br2NO3. The van der Waals surface area contributed by atoms with Crippen molar-refractivity contribution in [1.82, 2.24) is 4.90 Å². The van der Waals surface area contributed by atoms with Gasteiger partial charge in [-0.2, -0.15) is 0 Å². The van der Waals surface area contributed by atoms with E-state index in [9.17, 15) is 14.7 Å². The van der Waals surface area contributed by atoms with Gasteiger partial charge in [0, 0.05) is 22.0 Å². The minimum atomic E-state index is -0.851. The molecule has 1 amide bonds. The maximum absolute atomic E-state index is 12.4. The van der Waals surface area contributed by atoms with Crippen LogP contribution in [0, 0.1) is 5.41 Å². The third-order valence-corrected chi connectivity index (χ3v) is 4.62. The van der Waals surface area contributed by atoms with Gasteiger partial charge >= 0.3 is 5.97 Å². The van der Waals surface area contributed by atoms with Crippen molar-refractivity contribution in [3.8, 4) is 0 Å². The molecule has 1 aliphatic heterocycles. The first-order valence-corrected chi connectivity index (χ1v) is 7.40. The molecule has 1 atom stereocenters. The third kappa shape index (κ3) is 2.84. The predicted octanol–water partition coefficient (Wildman–Crippen LogP) is 3.15. The Morgan fingerprint density at radius 1 is 1.37 bits per heavy atom. The van der Waals surface area contributed by atoms with E-state index >= 15 is 0 Å². The number of benzene rings is 1. The normalized spacial score (nSPS) is 22.6. The summed E-state index contributed by atoms with van der Waals surface area (Å²) in [5.41, 5.74) is -0.294. The van der Waals surface area contributed by atoms with Crippen molar-refractivity contribution in [2.24, 2.45) is 5.41 Å². The van der Waals surface area contributed by atoms with Crippen LogP contribution in [0.1, 0.15) is 23.7 Å². The molecule has 1 fully saturated rings. The van der Waals surface area contributed by atoms with Gasteiger partial charge in [-0.3, -0.25) is 9.59 Å². The Bertz CT molecular complexity index is 547. The lowest BCUT2D eigenvalue weighted by Crippen LogP contribution is -2.35. The van der Waals surface area contributed by atoms with Crippen LogP contribution in [0.2, 0.25) is 0 Å². The highest BCUT2D eigenvalue weighted by atomic mass is 79.9. The average molecular weight is 391 g/mol. The van der Waals surface area contributed by atoms with E-state index in [4.69, 9.17) is 0 Å². The maximum atomic E-state index is 12.4. The summed E-state index contributed by atoms with van der Waals surface area (Å²) in [5, 5.41) is 9.19. The second-order valence-corrected chi connectivity index (χ2v) is 6.74. The van der Waals surface area contributed by atoms with Crippen LogP contribution < -0.4 is 0 Å². The number of carbonyl (C=O) groups excluding carboxylic acids is 1. The summed E-state index contributed by atoms with van der Waals surface area (Å²) >= 11 is 6.68. The SMILES string of the molecule is CC1(C(=O)O)CCN(C(=O)c2cc(Br)ccc2Br)C1. The Labute approximate surface area is 128 Å². The molecule has 1 unspecified atom stereocenters. The summed E-state index contributed by atoms with van der Waals surface area (Å²) in [5.74, 6) is -0.991. The fourth-order valence-corrected chi connectivity index (χ4v) is 2.92. The minimum absolute atomic E-state index is 0.141. The molecule has 1 aromatic carbocycles. The first kappa shape index (κ1) is 14.5. The number of likely N-dealkylation sites (tertiary alicyclic amines) is 1. The lowest BCUT2D eigenvalue weighted by molar-refractivity contribution is -0.147. The van der Waals surface area contributed by atoms with Crippen molar-refractivity contribution in [3.63, 3.8) is 0 Å². The number of rotatable bonds is 2. The second kappa shape index (κ2) is 5.25. The van der Waals surface area contributed by atoms with Gasteiger partial charge in [0.2, 0.25) is 0 Å². The van der Waals surface area contributed by atoms with E-state index in [0.29, 0.717) is 23.0 Å². The highest BCUT2D eigenvalue weighted by Gasteiger charge is 2.42. The van der Waals surface area contributed by atoms with Crippen molar-refractivity contribution in [1.29, 1.82) is 0 Å². The van der Waals surface area contributed by atoms with E-state index in [2.05, 4.69) is 31.9 Å². The molecule has 0 bridgehead atoms. The number of aliphatic carboxylic acids is 1. The topological polar surface area (TPSA) is 57.6 Å². The summed E-state index contributed by atoms with van der Waals surface area (Å²) in [6.07, 6.45) is 0.486. The quantitative estimate of drug-likeness (QED) is 0.843. The Morgan fingerprint density at radius 3 is 2.63 bits per heavy atom. The summed E-state index contributed by atoms with van der Waals surface area (Å²) < 4.78 is 1.53. The van der Waals surface area contributed by atoms with E-state index < -0.39 is 11.4 Å². The molecule has 0 spiro atoms. The van der Waals surface area contributed by atoms with E-state index in [1.165, 1.54) is 0 Å². The van der Waals surface area contributed by atoms with Gasteiger partial charge in [0.1, 0.15) is 0 Å².